The summed E-state index contributed by atoms with van der Waals surface area (Å²) in [6, 6.07) is 15.6. The van der Waals surface area contributed by atoms with Crippen LogP contribution in [-0.2, 0) is 17.5 Å². The molecule has 0 spiro atoms. The summed E-state index contributed by atoms with van der Waals surface area (Å²) in [6.07, 6.45) is 5.89. The largest absolute Gasteiger partial charge is 0.507 e. The normalized spacial score (nSPS) is 11.2. The zero-order valence-electron chi connectivity index (χ0n) is 23.5. The number of aromatic hydroxyl groups is 1. The lowest BCUT2D eigenvalue weighted by Gasteiger charge is -2.22. The van der Waals surface area contributed by atoms with E-state index in [0.717, 1.165) is 42.2 Å². The Labute approximate surface area is 244 Å². The van der Waals surface area contributed by atoms with Gasteiger partial charge < -0.3 is 15.1 Å². The minimum Gasteiger partial charge on any atom is -0.507 e. The minimum atomic E-state index is -4.52. The average molecular weight is 578 g/mol. The maximum absolute atomic E-state index is 13.3. The van der Waals surface area contributed by atoms with E-state index in [0.29, 0.717) is 0 Å². The van der Waals surface area contributed by atoms with Crippen LogP contribution >= 0.6 is 0 Å². The highest BCUT2D eigenvalue weighted by Gasteiger charge is 2.30. The number of halogens is 3. The summed E-state index contributed by atoms with van der Waals surface area (Å²) in [6.45, 7) is 2.23. The number of benzene rings is 3. The van der Waals surface area contributed by atoms with Gasteiger partial charge in [0.1, 0.15) is 11.3 Å². The summed E-state index contributed by atoms with van der Waals surface area (Å²) in [7, 11) is 0. The van der Waals surface area contributed by atoms with E-state index in [1.807, 2.05) is 24.3 Å². The van der Waals surface area contributed by atoms with Crippen LogP contribution in [0.2, 0.25) is 0 Å². The van der Waals surface area contributed by atoms with Crippen LogP contribution in [0.1, 0.15) is 84.5 Å². The number of aromatic carboxylic acids is 1. The lowest BCUT2D eigenvalue weighted by Crippen LogP contribution is -2.29. The summed E-state index contributed by atoms with van der Waals surface area (Å²) < 4.78 is 39.3. The van der Waals surface area contributed by atoms with Crippen molar-refractivity contribution in [3.05, 3.63) is 101 Å². The number of nitrogens with zero attached hydrogens (tertiary/aromatic N) is 1. The Morgan fingerprint density at radius 2 is 1.64 bits per heavy atom. The van der Waals surface area contributed by atoms with E-state index in [1.165, 1.54) is 73.4 Å². The predicted molar refractivity (Wildman–Crippen MR) is 158 cm³/mol. The van der Waals surface area contributed by atoms with E-state index in [-0.39, 0.29) is 23.4 Å². The molecule has 2 N–H and O–H groups in total. The van der Waals surface area contributed by atoms with Gasteiger partial charge in [-0.2, -0.15) is 13.2 Å². The molecule has 0 unspecified atom stereocenters. The molecule has 0 fully saturated rings. The number of amides is 1. The highest BCUT2D eigenvalue weighted by Crippen LogP contribution is 2.30. The van der Waals surface area contributed by atoms with Crippen molar-refractivity contribution in [3.8, 4) is 17.6 Å². The number of carbonyl (C=O) groups is 2. The second-order valence-corrected chi connectivity index (χ2v) is 9.90. The topological polar surface area (TPSA) is 77.8 Å². The van der Waals surface area contributed by atoms with E-state index in [2.05, 4.69) is 18.8 Å². The van der Waals surface area contributed by atoms with Crippen LogP contribution in [0.15, 0.2) is 72.8 Å². The maximum Gasteiger partial charge on any atom is 0.416 e. The lowest BCUT2D eigenvalue weighted by molar-refractivity contribution is -0.137. The maximum atomic E-state index is 13.3. The number of unbranched alkanes of at least 4 members (excludes halogenated alkanes) is 6. The van der Waals surface area contributed by atoms with Gasteiger partial charge in [0.05, 0.1) is 12.1 Å². The molecule has 0 heterocycles. The average Bonchev–Trinajstić information content (AvgIpc) is 2.96. The van der Waals surface area contributed by atoms with Crippen molar-refractivity contribution in [2.75, 3.05) is 4.90 Å². The zero-order valence-corrected chi connectivity index (χ0v) is 23.5. The fourth-order valence-electron chi connectivity index (χ4n) is 4.27. The second kappa shape index (κ2) is 15.5. The first-order chi connectivity index (χ1) is 20.1. The fourth-order valence-corrected chi connectivity index (χ4v) is 4.27. The van der Waals surface area contributed by atoms with Crippen molar-refractivity contribution in [1.82, 2.24) is 0 Å². The first kappa shape index (κ1) is 32.0. The molecule has 0 radical (unpaired) electrons. The van der Waals surface area contributed by atoms with Crippen molar-refractivity contribution in [2.45, 2.75) is 64.6 Å². The molecule has 5 nitrogen and oxygen atoms in total. The third-order valence-electron chi connectivity index (χ3n) is 6.60. The highest BCUT2D eigenvalue weighted by molar-refractivity contribution is 6.04. The molecule has 0 saturated carbocycles. The second-order valence-electron chi connectivity index (χ2n) is 9.90. The number of hydrogen-bond acceptors (Lipinski definition) is 3. The SMILES string of the molecule is CCCCCCCCC#Cc1ccc(CN(C(=O)/C=C/c2cccc(C(F)(F)F)c2)c2ccc(O)c(C(=O)O)c2)cc1. The molecule has 0 saturated heterocycles. The molecule has 8 heteroatoms. The van der Waals surface area contributed by atoms with Gasteiger partial charge in [-0.15, -0.1) is 0 Å². The first-order valence-corrected chi connectivity index (χ1v) is 13.9. The van der Waals surface area contributed by atoms with Crippen molar-refractivity contribution in [2.24, 2.45) is 0 Å². The number of alkyl halides is 3. The molecule has 3 aromatic carbocycles. The molecule has 0 aliphatic heterocycles. The first-order valence-electron chi connectivity index (χ1n) is 13.9. The van der Waals surface area contributed by atoms with E-state index >= 15 is 0 Å². The molecule has 3 aromatic rings. The zero-order chi connectivity index (χ0) is 30.5. The molecule has 0 aliphatic carbocycles. The van der Waals surface area contributed by atoms with Gasteiger partial charge >= 0.3 is 12.1 Å². The summed E-state index contributed by atoms with van der Waals surface area (Å²) in [5, 5.41) is 19.4. The molecule has 0 aromatic heterocycles. The summed E-state index contributed by atoms with van der Waals surface area (Å²) in [5.74, 6) is 3.93. The Bertz CT molecular complexity index is 1450. The molecule has 42 heavy (non-hydrogen) atoms. The van der Waals surface area contributed by atoms with Gasteiger partial charge in [0.15, 0.2) is 0 Å². The van der Waals surface area contributed by atoms with Crippen LogP contribution in [0.4, 0.5) is 18.9 Å². The Morgan fingerprint density at radius 3 is 2.33 bits per heavy atom. The third kappa shape index (κ3) is 9.84. The fraction of sp³-hybridized carbons (Fsp3) is 0.294. The van der Waals surface area contributed by atoms with Gasteiger partial charge in [-0.25, -0.2) is 4.79 Å². The van der Waals surface area contributed by atoms with Crippen LogP contribution in [0, 0.1) is 11.8 Å². The van der Waals surface area contributed by atoms with Gasteiger partial charge in [0.25, 0.3) is 5.91 Å². The molecule has 0 bridgehead atoms. The number of phenols is 1. The van der Waals surface area contributed by atoms with Crippen molar-refractivity contribution in [1.29, 1.82) is 0 Å². The molecule has 1 amide bonds. The smallest absolute Gasteiger partial charge is 0.416 e. The van der Waals surface area contributed by atoms with Crippen LogP contribution in [0.3, 0.4) is 0 Å². The molecule has 0 aliphatic rings. The number of hydrogen-bond donors (Lipinski definition) is 2. The summed E-state index contributed by atoms with van der Waals surface area (Å²) in [4.78, 5) is 26.2. The van der Waals surface area contributed by atoms with Crippen LogP contribution in [0.5, 0.6) is 5.75 Å². The Hall–Kier alpha value is -4.51. The van der Waals surface area contributed by atoms with Crippen LogP contribution in [-0.4, -0.2) is 22.1 Å². The molecular formula is C34H34F3NO4. The van der Waals surface area contributed by atoms with Crippen LogP contribution < -0.4 is 4.90 Å². The van der Waals surface area contributed by atoms with Crippen molar-refractivity contribution >= 4 is 23.6 Å². The van der Waals surface area contributed by atoms with Crippen LogP contribution in [0.25, 0.3) is 6.08 Å². The van der Waals surface area contributed by atoms with Gasteiger partial charge in [-0.05, 0) is 66.1 Å². The molecule has 220 valence electrons. The molecule has 3 rings (SSSR count). The van der Waals surface area contributed by atoms with E-state index in [4.69, 9.17) is 0 Å². The van der Waals surface area contributed by atoms with E-state index in [1.54, 1.807) is 0 Å². The van der Waals surface area contributed by atoms with E-state index < -0.39 is 29.4 Å². The Morgan fingerprint density at radius 1 is 0.929 bits per heavy atom. The van der Waals surface area contributed by atoms with Crippen molar-refractivity contribution in [3.63, 3.8) is 0 Å². The number of anilines is 1. The number of carbonyl (C=O) groups excluding carboxylic acids is 1. The van der Waals surface area contributed by atoms with Gasteiger partial charge in [-0.1, -0.05) is 75.1 Å². The lowest BCUT2D eigenvalue weighted by atomic mass is 10.1. The molecule has 0 atom stereocenters. The minimum absolute atomic E-state index is 0.0427. The number of rotatable bonds is 12. The van der Waals surface area contributed by atoms with E-state index in [9.17, 15) is 33.0 Å². The molecular weight excluding hydrogens is 543 g/mol. The predicted octanol–water partition coefficient (Wildman–Crippen LogP) is 8.46. The number of carboxylic acid groups (broad SMARTS) is 1. The Balaban J connectivity index is 1.78. The summed E-state index contributed by atoms with van der Waals surface area (Å²) in [5.41, 5.74) is 0.703. The summed E-state index contributed by atoms with van der Waals surface area (Å²) >= 11 is 0. The van der Waals surface area contributed by atoms with Gasteiger partial charge in [0, 0.05) is 23.7 Å². The van der Waals surface area contributed by atoms with Gasteiger partial charge in [-0.3, -0.25) is 4.79 Å². The highest BCUT2D eigenvalue weighted by atomic mass is 19.4. The third-order valence-corrected chi connectivity index (χ3v) is 6.60. The van der Waals surface area contributed by atoms with Crippen molar-refractivity contribution < 1.29 is 33.0 Å². The monoisotopic (exact) mass is 577 g/mol. The Kier molecular flexibility index (Phi) is 11.8. The standard InChI is InChI=1S/C34H34F3NO4/c1-2-3-4-5-6-7-8-9-11-25-14-16-27(17-15-25)24-38(29-19-20-31(39)30(23-29)33(41)42)32(40)21-18-26-12-10-13-28(22-26)34(35,36)37/h10,12-23,39H,2-8,24H2,1H3,(H,41,42)/b21-18+. The van der Waals surface area contributed by atoms with Gasteiger partial charge in [0.2, 0.25) is 0 Å². The quantitative estimate of drug-likeness (QED) is 0.129. The number of carboxylic acids is 1.